The minimum Gasteiger partial charge on any atom is -0.497 e. The molecule has 2 aromatic carbocycles. The lowest BCUT2D eigenvalue weighted by Gasteiger charge is -2.09. The molecule has 0 heterocycles. The summed E-state index contributed by atoms with van der Waals surface area (Å²) in [7, 11) is -2.00. The van der Waals surface area contributed by atoms with E-state index in [4.69, 9.17) is 4.74 Å². The van der Waals surface area contributed by atoms with Gasteiger partial charge in [-0.15, -0.1) is 0 Å². The monoisotopic (exact) mass is 355 g/mol. The van der Waals surface area contributed by atoms with Gasteiger partial charge in [-0.25, -0.2) is 8.42 Å². The summed E-state index contributed by atoms with van der Waals surface area (Å²) in [6.45, 7) is 0. The van der Waals surface area contributed by atoms with Gasteiger partial charge in [0.25, 0.3) is 10.0 Å². The molecule has 6 heteroatoms. The minimum absolute atomic E-state index is 0.234. The average molecular weight is 356 g/mol. The Morgan fingerprint density at radius 2 is 1.65 bits per heavy atom. The van der Waals surface area contributed by atoms with Crippen molar-refractivity contribution in [2.75, 3.05) is 11.8 Å². The third-order valence-corrected chi connectivity index (χ3v) is 4.77. The highest BCUT2D eigenvalue weighted by atomic mass is 79.9. The molecule has 4 nitrogen and oxygen atoms in total. The number of benzene rings is 2. The van der Waals surface area contributed by atoms with E-state index in [0.29, 0.717) is 16.8 Å². The maximum Gasteiger partial charge on any atom is 0.261 e. The van der Waals surface area contributed by atoms with Crippen LogP contribution < -0.4 is 9.46 Å². The lowest BCUT2D eigenvalue weighted by atomic mass is 10.2. The van der Waals surface area contributed by atoms with Crippen LogP contribution in [0.15, 0.2) is 53.4 Å². The van der Waals surface area contributed by atoms with Gasteiger partial charge in [0, 0.05) is 11.0 Å². The predicted molar refractivity (Wildman–Crippen MR) is 82.9 cm³/mol. The quantitative estimate of drug-likeness (QED) is 0.836. The predicted octanol–water partition coefficient (Wildman–Crippen LogP) is 3.39. The van der Waals surface area contributed by atoms with Crippen molar-refractivity contribution in [3.05, 3.63) is 54.1 Å². The van der Waals surface area contributed by atoms with Crippen molar-refractivity contribution in [2.45, 2.75) is 10.2 Å². The second-order valence-corrected chi connectivity index (χ2v) is 6.35. The number of halogens is 1. The molecule has 0 saturated heterocycles. The first-order chi connectivity index (χ1) is 9.55. The van der Waals surface area contributed by atoms with Gasteiger partial charge in [-0.2, -0.15) is 0 Å². The van der Waals surface area contributed by atoms with Crippen molar-refractivity contribution in [1.29, 1.82) is 0 Å². The van der Waals surface area contributed by atoms with E-state index in [-0.39, 0.29) is 4.90 Å². The third kappa shape index (κ3) is 3.52. The first-order valence-corrected chi connectivity index (χ1v) is 8.47. The maximum absolute atomic E-state index is 12.2. The Bertz CT molecular complexity index is 667. The maximum atomic E-state index is 12.2. The van der Waals surface area contributed by atoms with E-state index in [1.807, 2.05) is 0 Å². The Balaban J connectivity index is 2.20. The largest absolute Gasteiger partial charge is 0.497 e. The Morgan fingerprint density at radius 1 is 1.05 bits per heavy atom. The molecular weight excluding hydrogens is 342 g/mol. The zero-order valence-electron chi connectivity index (χ0n) is 10.8. The second-order valence-electron chi connectivity index (χ2n) is 4.11. The van der Waals surface area contributed by atoms with Crippen molar-refractivity contribution < 1.29 is 13.2 Å². The number of ether oxygens (including phenoxy) is 1. The fraction of sp³-hybridized carbons (Fsp3) is 0.143. The van der Waals surface area contributed by atoms with Crippen LogP contribution in [0, 0.1) is 0 Å². The first kappa shape index (κ1) is 14.9. The molecule has 0 amide bonds. The molecule has 0 spiro atoms. The van der Waals surface area contributed by atoms with Gasteiger partial charge in [-0.1, -0.05) is 28.1 Å². The van der Waals surface area contributed by atoms with Crippen LogP contribution in [-0.4, -0.2) is 15.5 Å². The summed E-state index contributed by atoms with van der Waals surface area (Å²) in [5.41, 5.74) is 1.52. The van der Waals surface area contributed by atoms with Gasteiger partial charge in [0.15, 0.2) is 0 Å². The van der Waals surface area contributed by atoms with E-state index in [1.54, 1.807) is 55.6 Å². The molecule has 0 fully saturated rings. The summed E-state index contributed by atoms with van der Waals surface area (Å²) >= 11 is 3.32. The van der Waals surface area contributed by atoms with Crippen molar-refractivity contribution in [3.8, 4) is 5.75 Å². The number of nitrogens with one attached hydrogen (secondary N) is 1. The van der Waals surface area contributed by atoms with Crippen molar-refractivity contribution in [2.24, 2.45) is 0 Å². The Hall–Kier alpha value is -1.53. The highest BCUT2D eigenvalue weighted by Crippen LogP contribution is 2.20. The van der Waals surface area contributed by atoms with Crippen LogP contribution in [0.25, 0.3) is 0 Å². The normalized spacial score (nSPS) is 11.1. The minimum atomic E-state index is -3.56. The topological polar surface area (TPSA) is 55.4 Å². The molecular formula is C14H14BrNO3S. The van der Waals surface area contributed by atoms with Crippen molar-refractivity contribution in [1.82, 2.24) is 0 Å². The summed E-state index contributed by atoms with van der Waals surface area (Å²) < 4.78 is 32.0. The summed E-state index contributed by atoms with van der Waals surface area (Å²) in [4.78, 5) is 0.234. The highest BCUT2D eigenvalue weighted by molar-refractivity contribution is 9.08. The van der Waals surface area contributed by atoms with Gasteiger partial charge in [-0.05, 0) is 42.0 Å². The molecule has 1 N–H and O–H groups in total. The molecule has 0 aliphatic carbocycles. The standard InChI is InChI=1S/C14H14BrNO3S/c1-19-13-6-4-12(5-7-13)16-20(17,18)14-8-2-11(10-15)3-9-14/h2-9,16H,10H2,1H3. The zero-order chi connectivity index (χ0) is 14.6. The Labute approximate surface area is 127 Å². The molecule has 0 saturated carbocycles. The van der Waals surface area contributed by atoms with Crippen LogP contribution in [0.5, 0.6) is 5.75 Å². The molecule has 0 unspecified atom stereocenters. The second kappa shape index (κ2) is 6.28. The molecule has 0 bridgehead atoms. The number of methoxy groups -OCH3 is 1. The first-order valence-electron chi connectivity index (χ1n) is 5.87. The van der Waals surface area contributed by atoms with Crippen LogP contribution in [-0.2, 0) is 15.4 Å². The van der Waals surface area contributed by atoms with E-state index >= 15 is 0 Å². The number of hydrogen-bond acceptors (Lipinski definition) is 3. The molecule has 0 atom stereocenters. The average Bonchev–Trinajstić information content (AvgIpc) is 2.48. The fourth-order valence-corrected chi connectivity index (χ4v) is 3.06. The zero-order valence-corrected chi connectivity index (χ0v) is 13.2. The summed E-state index contributed by atoms with van der Waals surface area (Å²) in [6, 6.07) is 13.4. The molecule has 0 radical (unpaired) electrons. The van der Waals surface area contributed by atoms with Gasteiger partial charge < -0.3 is 4.74 Å². The molecule has 0 aliphatic heterocycles. The molecule has 106 valence electrons. The summed E-state index contributed by atoms with van der Waals surface area (Å²) in [5, 5.41) is 0.694. The number of hydrogen-bond donors (Lipinski definition) is 1. The van der Waals surface area contributed by atoms with Crippen LogP contribution >= 0.6 is 15.9 Å². The number of sulfonamides is 1. The summed E-state index contributed by atoms with van der Waals surface area (Å²) in [5.74, 6) is 0.676. The van der Waals surface area contributed by atoms with Crippen LogP contribution in [0.1, 0.15) is 5.56 Å². The number of alkyl halides is 1. The van der Waals surface area contributed by atoms with E-state index in [1.165, 1.54) is 0 Å². The highest BCUT2D eigenvalue weighted by Gasteiger charge is 2.13. The number of anilines is 1. The molecule has 2 aromatic rings. The molecule has 20 heavy (non-hydrogen) atoms. The fourth-order valence-electron chi connectivity index (χ4n) is 1.63. The van der Waals surface area contributed by atoms with Crippen molar-refractivity contribution in [3.63, 3.8) is 0 Å². The third-order valence-electron chi connectivity index (χ3n) is 2.73. The van der Waals surface area contributed by atoms with Crippen LogP contribution in [0.4, 0.5) is 5.69 Å². The Morgan fingerprint density at radius 3 is 2.15 bits per heavy atom. The van der Waals surface area contributed by atoms with E-state index in [2.05, 4.69) is 20.7 Å². The van der Waals surface area contributed by atoms with Gasteiger partial charge in [0.1, 0.15) is 5.75 Å². The number of rotatable bonds is 5. The van der Waals surface area contributed by atoms with Crippen LogP contribution in [0.3, 0.4) is 0 Å². The van der Waals surface area contributed by atoms with Gasteiger partial charge in [0.2, 0.25) is 0 Å². The SMILES string of the molecule is COc1ccc(NS(=O)(=O)c2ccc(CBr)cc2)cc1. The lowest BCUT2D eigenvalue weighted by molar-refractivity contribution is 0.415. The van der Waals surface area contributed by atoms with Gasteiger partial charge >= 0.3 is 0 Å². The van der Waals surface area contributed by atoms with E-state index in [0.717, 1.165) is 5.56 Å². The van der Waals surface area contributed by atoms with Crippen LogP contribution in [0.2, 0.25) is 0 Å². The smallest absolute Gasteiger partial charge is 0.261 e. The van der Waals surface area contributed by atoms with Gasteiger partial charge in [0.05, 0.1) is 12.0 Å². The van der Waals surface area contributed by atoms with E-state index in [9.17, 15) is 8.42 Å². The molecule has 2 rings (SSSR count). The molecule has 0 aromatic heterocycles. The van der Waals surface area contributed by atoms with Crippen molar-refractivity contribution >= 4 is 31.6 Å². The Kier molecular flexibility index (Phi) is 4.67. The van der Waals surface area contributed by atoms with Gasteiger partial charge in [-0.3, -0.25) is 4.72 Å². The molecule has 0 aliphatic rings. The lowest BCUT2D eigenvalue weighted by Crippen LogP contribution is -2.12. The summed E-state index contributed by atoms with van der Waals surface area (Å²) in [6.07, 6.45) is 0. The van der Waals surface area contributed by atoms with E-state index < -0.39 is 10.0 Å².